The van der Waals surface area contributed by atoms with Crippen LogP contribution in [-0.2, 0) is 9.59 Å². The summed E-state index contributed by atoms with van der Waals surface area (Å²) in [6.07, 6.45) is 3.98. The average Bonchev–Trinajstić information content (AvgIpc) is 3.86. The van der Waals surface area contributed by atoms with E-state index in [1.807, 2.05) is 32.9 Å². The molecule has 0 saturated heterocycles. The number of ether oxygens (including phenoxy) is 2. The molecule has 8 nitrogen and oxygen atoms in total. The molecule has 2 fully saturated rings. The fourth-order valence-corrected chi connectivity index (χ4v) is 3.84. The second kappa shape index (κ2) is 13.1. The quantitative estimate of drug-likeness (QED) is 0.198. The highest BCUT2D eigenvalue weighted by atomic mass is 16.5. The fourth-order valence-electron chi connectivity index (χ4n) is 3.84. The number of hydrogen-bond donors (Lipinski definition) is 0. The lowest BCUT2D eigenvalue weighted by Gasteiger charge is -2.11. The van der Waals surface area contributed by atoms with E-state index in [4.69, 9.17) is 33.1 Å². The van der Waals surface area contributed by atoms with Gasteiger partial charge in [-0.1, -0.05) is 0 Å². The molecule has 40 heavy (non-hydrogen) atoms. The van der Waals surface area contributed by atoms with Gasteiger partial charge in [0.05, 0.1) is 25.3 Å². The van der Waals surface area contributed by atoms with E-state index in [1.54, 1.807) is 0 Å². The zero-order valence-electron chi connectivity index (χ0n) is 22.9. The summed E-state index contributed by atoms with van der Waals surface area (Å²) in [6.45, 7) is 21.0. The first-order valence-corrected chi connectivity index (χ1v) is 12.7. The predicted octanol–water partition coefficient (Wildman–Crippen LogP) is 7.52. The van der Waals surface area contributed by atoms with Gasteiger partial charge in [-0.25, -0.2) is 9.69 Å². The van der Waals surface area contributed by atoms with Crippen LogP contribution in [0.2, 0.25) is 0 Å². The van der Waals surface area contributed by atoms with Crippen molar-refractivity contribution >= 4 is 22.9 Å². The Morgan fingerprint density at radius 1 is 0.750 bits per heavy atom. The molecule has 4 rings (SSSR count). The van der Waals surface area contributed by atoms with Crippen molar-refractivity contribution in [1.82, 2.24) is 0 Å². The second-order valence-electron chi connectivity index (χ2n) is 9.89. The number of carbonyl (C=O) groups excluding carboxylic acids is 2. The number of benzene rings is 2. The van der Waals surface area contributed by atoms with Gasteiger partial charge in [0.25, 0.3) is 0 Å². The van der Waals surface area contributed by atoms with E-state index in [9.17, 15) is 9.59 Å². The summed E-state index contributed by atoms with van der Waals surface area (Å²) in [7, 11) is 0. The van der Waals surface area contributed by atoms with Crippen molar-refractivity contribution in [3.8, 4) is 23.6 Å². The van der Waals surface area contributed by atoms with Gasteiger partial charge >= 0.3 is 0 Å². The van der Waals surface area contributed by atoms with Crippen LogP contribution in [-0.4, -0.2) is 11.6 Å². The van der Waals surface area contributed by atoms with Crippen LogP contribution in [0.3, 0.4) is 0 Å². The first kappa shape index (κ1) is 29.4. The molecule has 0 heterocycles. The number of nitriles is 2. The Bertz CT molecular complexity index is 1510. The third kappa shape index (κ3) is 7.91. The summed E-state index contributed by atoms with van der Waals surface area (Å²) in [5.74, 6) is 1.75. The van der Waals surface area contributed by atoms with Crippen molar-refractivity contribution in [1.29, 1.82) is 10.5 Å². The van der Waals surface area contributed by atoms with Crippen LogP contribution in [0, 0.1) is 47.6 Å². The Morgan fingerprint density at radius 2 is 1.20 bits per heavy atom. The maximum Gasteiger partial charge on any atom is 0.201 e. The van der Waals surface area contributed by atoms with E-state index < -0.39 is 0 Å². The molecule has 0 spiro atoms. The molecule has 0 atom stereocenters. The third-order valence-electron chi connectivity index (χ3n) is 6.23. The second-order valence-corrected chi connectivity index (χ2v) is 9.89. The lowest BCUT2D eigenvalue weighted by Crippen LogP contribution is -2.12. The lowest BCUT2D eigenvalue weighted by molar-refractivity contribution is -0.118. The third-order valence-corrected chi connectivity index (χ3v) is 6.23. The zero-order valence-corrected chi connectivity index (χ0v) is 22.9. The summed E-state index contributed by atoms with van der Waals surface area (Å²) in [5, 5.41) is 17.9. The number of ketones is 2. The fraction of sp³-hybridized carbons (Fsp3) is 0.312. The number of carbonyl (C=O) groups is 2. The Kier molecular flexibility index (Phi) is 9.59. The van der Waals surface area contributed by atoms with Gasteiger partial charge in [0.15, 0.2) is 28.7 Å². The highest BCUT2D eigenvalue weighted by molar-refractivity contribution is 5.97. The van der Waals surface area contributed by atoms with Crippen molar-refractivity contribution in [3.63, 3.8) is 0 Å². The maximum atomic E-state index is 12.2. The topological polar surface area (TPSA) is 109 Å². The van der Waals surface area contributed by atoms with Crippen LogP contribution in [0.25, 0.3) is 9.69 Å². The molecule has 2 aliphatic carbocycles. The van der Waals surface area contributed by atoms with Crippen LogP contribution in [0.1, 0.15) is 64.5 Å². The van der Waals surface area contributed by atoms with Gasteiger partial charge in [-0.15, -0.1) is 0 Å². The average molecular weight is 533 g/mol. The Morgan fingerprint density at radius 3 is 1.55 bits per heavy atom. The first-order valence-electron chi connectivity index (χ1n) is 12.7. The van der Waals surface area contributed by atoms with E-state index in [0.717, 1.165) is 36.8 Å². The molecule has 0 amide bonds. The normalized spacial score (nSPS) is 13.9. The zero-order chi connectivity index (χ0) is 29.4. The summed E-state index contributed by atoms with van der Waals surface area (Å²) < 4.78 is 11.3. The summed E-state index contributed by atoms with van der Waals surface area (Å²) >= 11 is 0. The standard InChI is InChI=1S/2C16H14N2O2/c1-10(13-4-5-13)16(11(2)19)20-15-7-12(9-17)6-14(8-15)18-3;1-10(2)16(15(19)12-4-5-12)20-14-7-11(9-17)6-13(8-14)18-3/h6-8,13H,4-5H2,1-2H3;6-8,12H,4-5H2,1-2H3. The van der Waals surface area contributed by atoms with Crippen molar-refractivity contribution < 1.29 is 19.1 Å². The van der Waals surface area contributed by atoms with Gasteiger partial charge in [0, 0.05) is 24.0 Å². The molecule has 2 aromatic carbocycles. The Balaban J connectivity index is 0.000000220. The number of allylic oxidation sites excluding steroid dienone is 4. The van der Waals surface area contributed by atoms with Crippen molar-refractivity contribution in [3.05, 3.63) is 93.0 Å². The van der Waals surface area contributed by atoms with Crippen molar-refractivity contribution in [2.24, 2.45) is 11.8 Å². The van der Waals surface area contributed by atoms with Gasteiger partial charge in [-0.2, -0.15) is 10.5 Å². The van der Waals surface area contributed by atoms with Crippen LogP contribution < -0.4 is 9.47 Å². The number of rotatable bonds is 8. The van der Waals surface area contributed by atoms with Crippen LogP contribution in [0.5, 0.6) is 11.5 Å². The summed E-state index contributed by atoms with van der Waals surface area (Å²) in [4.78, 5) is 30.5. The molecule has 0 radical (unpaired) electrons. The minimum Gasteiger partial charge on any atom is -0.455 e. The summed E-state index contributed by atoms with van der Waals surface area (Å²) in [6, 6.07) is 13.1. The van der Waals surface area contributed by atoms with Crippen LogP contribution >= 0.6 is 0 Å². The minimum atomic E-state index is -0.138. The molecule has 0 N–H and O–H groups in total. The molecule has 2 aliphatic rings. The molecule has 0 aromatic heterocycles. The highest BCUT2D eigenvalue weighted by Gasteiger charge is 2.33. The smallest absolute Gasteiger partial charge is 0.201 e. The van der Waals surface area contributed by atoms with Gasteiger partial charge in [-0.05, 0) is 99.9 Å². The minimum absolute atomic E-state index is 0.0109. The molecule has 0 bridgehead atoms. The van der Waals surface area contributed by atoms with Crippen molar-refractivity contribution in [2.45, 2.75) is 53.4 Å². The van der Waals surface area contributed by atoms with E-state index in [0.29, 0.717) is 51.4 Å². The molecular formula is C32H28N4O4. The van der Waals surface area contributed by atoms with E-state index in [1.165, 1.54) is 43.3 Å². The highest BCUT2D eigenvalue weighted by Crippen LogP contribution is 2.38. The van der Waals surface area contributed by atoms with Crippen LogP contribution in [0.15, 0.2) is 59.1 Å². The molecule has 200 valence electrons. The van der Waals surface area contributed by atoms with Gasteiger partial charge in [0.1, 0.15) is 11.5 Å². The van der Waals surface area contributed by atoms with E-state index in [2.05, 4.69) is 9.69 Å². The van der Waals surface area contributed by atoms with Gasteiger partial charge in [0.2, 0.25) is 5.78 Å². The first-order chi connectivity index (χ1) is 19.1. The maximum absolute atomic E-state index is 12.2. The molecular weight excluding hydrogens is 504 g/mol. The van der Waals surface area contributed by atoms with Crippen molar-refractivity contribution in [2.75, 3.05) is 0 Å². The largest absolute Gasteiger partial charge is 0.455 e. The monoisotopic (exact) mass is 532 g/mol. The Labute approximate surface area is 234 Å². The molecule has 0 unspecified atom stereocenters. The Hall–Kier alpha value is -5.18. The number of Topliss-reactive ketones (excluding diaryl/α,β-unsaturated/α-hetero) is 2. The van der Waals surface area contributed by atoms with Crippen LogP contribution in [0.4, 0.5) is 11.4 Å². The van der Waals surface area contributed by atoms with E-state index in [-0.39, 0.29) is 17.5 Å². The summed E-state index contributed by atoms with van der Waals surface area (Å²) in [5.41, 5.74) is 3.09. The molecule has 8 heteroatoms. The van der Waals surface area contributed by atoms with Gasteiger partial charge < -0.3 is 9.47 Å². The molecule has 2 aromatic rings. The number of hydrogen-bond acceptors (Lipinski definition) is 6. The lowest BCUT2D eigenvalue weighted by atomic mass is 10.1. The predicted molar refractivity (Wildman–Crippen MR) is 148 cm³/mol. The molecule has 2 saturated carbocycles. The number of nitrogens with zero attached hydrogens (tertiary/aromatic N) is 4. The molecule has 0 aliphatic heterocycles. The SMILES string of the molecule is [C-]#[N+]c1cc(C#N)cc(OC(C(=O)C2CC2)=C(C)C)c1.[C-]#[N+]c1cc(C#N)cc(OC(C(C)=O)=C(C)C2CC2)c1. The van der Waals surface area contributed by atoms with Gasteiger partial charge in [-0.3, -0.25) is 9.59 Å². The van der Waals surface area contributed by atoms with E-state index >= 15 is 0 Å².